The second-order valence-electron chi connectivity index (χ2n) is 10.1. The molecule has 0 bridgehead atoms. The largest absolute Gasteiger partial charge is 0.495 e. The van der Waals surface area contributed by atoms with Gasteiger partial charge in [0.2, 0.25) is 5.95 Å². The average molecular weight is 590 g/mol. The van der Waals surface area contributed by atoms with Crippen LogP contribution in [-0.2, 0) is 4.74 Å². The van der Waals surface area contributed by atoms with E-state index < -0.39 is 6.23 Å². The van der Waals surface area contributed by atoms with Gasteiger partial charge in [-0.25, -0.2) is 9.97 Å². The van der Waals surface area contributed by atoms with Crippen LogP contribution in [0.2, 0.25) is 10.0 Å². The van der Waals surface area contributed by atoms with Crippen LogP contribution in [0.25, 0.3) is 22.2 Å². The maximum absolute atomic E-state index is 9.98. The number of benzene rings is 1. The molecule has 214 valence electrons. The number of hydrogen-bond donors (Lipinski definition) is 3. The van der Waals surface area contributed by atoms with E-state index in [1.165, 1.54) is 6.08 Å². The molecular weight excluding hydrogens is 555 g/mol. The van der Waals surface area contributed by atoms with Gasteiger partial charge in [0.1, 0.15) is 17.7 Å². The molecule has 2 aliphatic heterocycles. The van der Waals surface area contributed by atoms with Crippen molar-refractivity contribution < 1.29 is 19.3 Å². The molecule has 3 atom stereocenters. The van der Waals surface area contributed by atoms with Crippen molar-refractivity contribution >= 4 is 40.1 Å². The minimum absolute atomic E-state index is 0.131. The van der Waals surface area contributed by atoms with Crippen LogP contribution < -0.4 is 20.1 Å². The Hall–Kier alpha value is -2.73. The van der Waals surface area contributed by atoms with Crippen molar-refractivity contribution in [1.82, 2.24) is 25.2 Å². The van der Waals surface area contributed by atoms with E-state index >= 15 is 0 Å². The summed E-state index contributed by atoms with van der Waals surface area (Å²) in [6.45, 7) is 6.45. The van der Waals surface area contributed by atoms with Crippen LogP contribution in [0.4, 0.5) is 5.95 Å². The Balaban J connectivity index is 1.58. The third kappa shape index (κ3) is 5.83. The zero-order valence-corrected chi connectivity index (χ0v) is 24.3. The summed E-state index contributed by atoms with van der Waals surface area (Å²) >= 11 is 13.5. The van der Waals surface area contributed by atoms with Crippen LogP contribution in [0.15, 0.2) is 31.0 Å². The fraction of sp³-hybridized carbons (Fsp3) is 0.464. The normalized spacial score (nSPS) is 20.9. The van der Waals surface area contributed by atoms with Gasteiger partial charge in [-0.3, -0.25) is 10.3 Å². The number of fused-ring (bicyclic) bond motifs is 1. The number of anilines is 1. The van der Waals surface area contributed by atoms with Gasteiger partial charge in [-0.1, -0.05) is 29.8 Å². The Morgan fingerprint density at radius 1 is 1.10 bits per heavy atom. The molecule has 0 radical (unpaired) electrons. The number of hydrogen-bond acceptors (Lipinski definition) is 10. The van der Waals surface area contributed by atoms with Crippen molar-refractivity contribution in [2.75, 3.05) is 52.9 Å². The Labute approximate surface area is 243 Å². The first-order chi connectivity index (χ1) is 19.3. The lowest BCUT2D eigenvalue weighted by Gasteiger charge is -2.29. The number of halogens is 2. The molecule has 1 unspecified atom stereocenters. The summed E-state index contributed by atoms with van der Waals surface area (Å²) in [5.74, 6) is 1.55. The van der Waals surface area contributed by atoms with E-state index in [0.717, 1.165) is 42.5 Å². The van der Waals surface area contributed by atoms with Crippen molar-refractivity contribution in [3.8, 4) is 22.8 Å². The SMILES string of the molecule is C=CC(O)N[C@H]1COC[C@H]1Nc1ncc2cc(-c3c(Cl)c(OC)cc(OC)c3Cl)nc(C3CCN(C)CC3)c2n1. The number of aromatic nitrogens is 3. The summed E-state index contributed by atoms with van der Waals surface area (Å²) in [6, 6.07) is 3.30. The van der Waals surface area contributed by atoms with Crippen LogP contribution in [0, 0.1) is 0 Å². The Bertz CT molecular complexity index is 1360. The van der Waals surface area contributed by atoms with Gasteiger partial charge in [-0.05, 0) is 45.1 Å². The first kappa shape index (κ1) is 28.8. The molecule has 4 heterocycles. The highest BCUT2D eigenvalue weighted by molar-refractivity contribution is 6.41. The first-order valence-electron chi connectivity index (χ1n) is 13.2. The first-order valence-corrected chi connectivity index (χ1v) is 14.0. The number of methoxy groups -OCH3 is 2. The molecule has 0 aliphatic carbocycles. The predicted molar refractivity (Wildman–Crippen MR) is 157 cm³/mol. The van der Waals surface area contributed by atoms with Gasteiger partial charge in [0.25, 0.3) is 0 Å². The monoisotopic (exact) mass is 588 g/mol. The van der Waals surface area contributed by atoms with E-state index in [0.29, 0.717) is 52.0 Å². The highest BCUT2D eigenvalue weighted by Crippen LogP contribution is 2.46. The Kier molecular flexibility index (Phi) is 8.94. The molecule has 2 fully saturated rings. The number of nitrogens with zero attached hydrogens (tertiary/aromatic N) is 4. The van der Waals surface area contributed by atoms with Gasteiger partial charge in [0.15, 0.2) is 0 Å². The lowest BCUT2D eigenvalue weighted by Crippen LogP contribution is -2.47. The van der Waals surface area contributed by atoms with Crippen molar-refractivity contribution in [2.45, 2.75) is 37.1 Å². The van der Waals surface area contributed by atoms with Gasteiger partial charge in [-0.15, -0.1) is 0 Å². The van der Waals surface area contributed by atoms with Crippen LogP contribution >= 0.6 is 23.2 Å². The van der Waals surface area contributed by atoms with Crippen molar-refractivity contribution in [2.24, 2.45) is 0 Å². The molecular formula is C28H34Cl2N6O4. The van der Waals surface area contributed by atoms with E-state index in [1.54, 1.807) is 26.5 Å². The van der Waals surface area contributed by atoms with Crippen molar-refractivity contribution in [1.29, 1.82) is 0 Å². The van der Waals surface area contributed by atoms with Crippen LogP contribution in [0.5, 0.6) is 11.5 Å². The summed E-state index contributed by atoms with van der Waals surface area (Å²) in [4.78, 5) is 17.0. The smallest absolute Gasteiger partial charge is 0.223 e. The molecule has 1 aromatic carbocycles. The van der Waals surface area contributed by atoms with E-state index in [1.807, 2.05) is 6.07 Å². The number of piperidine rings is 1. The zero-order valence-electron chi connectivity index (χ0n) is 22.8. The lowest BCUT2D eigenvalue weighted by atomic mass is 9.91. The second kappa shape index (κ2) is 12.4. The molecule has 2 saturated heterocycles. The lowest BCUT2D eigenvalue weighted by molar-refractivity contribution is 0.149. The van der Waals surface area contributed by atoms with Gasteiger partial charge in [-0.2, -0.15) is 0 Å². The quantitative estimate of drug-likeness (QED) is 0.249. The molecule has 0 spiro atoms. The summed E-state index contributed by atoms with van der Waals surface area (Å²) in [5, 5.41) is 18.0. The number of likely N-dealkylation sites (tertiary alicyclic amines) is 1. The van der Waals surface area contributed by atoms with Crippen molar-refractivity contribution in [3.05, 3.63) is 46.7 Å². The fourth-order valence-electron chi connectivity index (χ4n) is 5.25. The van der Waals surface area contributed by atoms with Gasteiger partial charge < -0.3 is 29.5 Å². The number of nitrogens with one attached hydrogen (secondary N) is 2. The zero-order chi connectivity index (χ0) is 28.4. The summed E-state index contributed by atoms with van der Waals surface area (Å²) < 4.78 is 16.6. The van der Waals surface area contributed by atoms with E-state index in [-0.39, 0.29) is 18.0 Å². The molecule has 12 heteroatoms. The number of pyridine rings is 1. The molecule has 10 nitrogen and oxygen atoms in total. The maximum Gasteiger partial charge on any atom is 0.223 e. The second-order valence-corrected chi connectivity index (χ2v) is 10.9. The molecule has 0 amide bonds. The van der Waals surface area contributed by atoms with Gasteiger partial charge in [0.05, 0.1) is 66.5 Å². The number of aliphatic hydroxyl groups excluding tert-OH is 1. The van der Waals surface area contributed by atoms with E-state index in [2.05, 4.69) is 34.1 Å². The molecule has 5 rings (SSSR count). The summed E-state index contributed by atoms with van der Waals surface area (Å²) in [7, 11) is 5.22. The Morgan fingerprint density at radius 3 is 2.42 bits per heavy atom. The topological polar surface area (TPSA) is 114 Å². The third-order valence-corrected chi connectivity index (χ3v) is 8.28. The minimum Gasteiger partial charge on any atom is -0.495 e. The average Bonchev–Trinajstić information content (AvgIpc) is 3.39. The molecule has 3 aromatic rings. The number of aliphatic hydroxyl groups is 1. The van der Waals surface area contributed by atoms with Crippen molar-refractivity contribution in [3.63, 3.8) is 0 Å². The standard InChI is InChI=1S/C28H34Cl2N6O4/c1-5-22(37)32-18-13-40-14-19(18)34-28-31-12-16-10-17(23-24(29)20(38-3)11-21(39-4)25(23)30)33-26(27(16)35-28)15-6-8-36(2)9-7-15/h5,10-12,15,18-19,22,32,37H,1,6-9,13-14H2,2-4H3,(H,31,34,35)/t18-,19+,22?/m0/s1. The predicted octanol–water partition coefficient (Wildman–Crippen LogP) is 4.10. The highest BCUT2D eigenvalue weighted by atomic mass is 35.5. The fourth-order valence-corrected chi connectivity index (χ4v) is 5.95. The molecule has 3 N–H and O–H groups in total. The number of ether oxygens (including phenoxy) is 3. The molecule has 2 aromatic heterocycles. The summed E-state index contributed by atoms with van der Waals surface area (Å²) in [6.07, 6.45) is 4.28. The number of rotatable bonds is 9. The van der Waals surface area contributed by atoms with E-state index in [9.17, 15) is 5.11 Å². The summed E-state index contributed by atoms with van der Waals surface area (Å²) in [5.41, 5.74) is 2.78. The molecule has 2 aliphatic rings. The van der Waals surface area contributed by atoms with Crippen LogP contribution in [0.3, 0.4) is 0 Å². The van der Waals surface area contributed by atoms with Crippen LogP contribution in [-0.4, -0.2) is 90.8 Å². The minimum atomic E-state index is -0.832. The van der Waals surface area contributed by atoms with Gasteiger partial charge in [0, 0.05) is 29.1 Å². The Morgan fingerprint density at radius 2 is 1.77 bits per heavy atom. The molecule has 40 heavy (non-hydrogen) atoms. The highest BCUT2D eigenvalue weighted by Gasteiger charge is 2.31. The maximum atomic E-state index is 9.98. The van der Waals surface area contributed by atoms with Crippen LogP contribution in [0.1, 0.15) is 24.5 Å². The molecule has 0 saturated carbocycles. The van der Waals surface area contributed by atoms with E-state index in [4.69, 9.17) is 47.4 Å². The van der Waals surface area contributed by atoms with Gasteiger partial charge >= 0.3 is 0 Å². The third-order valence-electron chi connectivity index (χ3n) is 7.53.